The second-order valence-corrected chi connectivity index (χ2v) is 8.08. The fourth-order valence-electron chi connectivity index (χ4n) is 4.76. The molecule has 0 aromatic carbocycles. The van der Waals surface area contributed by atoms with Crippen LogP contribution < -0.4 is 5.32 Å². The molecule has 3 fully saturated rings. The molecule has 4 heterocycles. The second-order valence-electron chi connectivity index (χ2n) is 8.08. The van der Waals surface area contributed by atoms with Crippen LogP contribution in [0.5, 0.6) is 0 Å². The van der Waals surface area contributed by atoms with E-state index in [0.29, 0.717) is 36.5 Å². The van der Waals surface area contributed by atoms with E-state index >= 15 is 0 Å². The van der Waals surface area contributed by atoms with Crippen LogP contribution in [0.3, 0.4) is 0 Å². The van der Waals surface area contributed by atoms with Crippen LogP contribution in [0.15, 0.2) is 17.4 Å². The Morgan fingerprint density at radius 1 is 1.31 bits per heavy atom. The van der Waals surface area contributed by atoms with Gasteiger partial charge in [-0.3, -0.25) is 0 Å². The maximum atomic E-state index is 6.10. The molecular weight excluding hydrogens is 441 g/mol. The van der Waals surface area contributed by atoms with E-state index in [9.17, 15) is 0 Å². The first kappa shape index (κ1) is 19.9. The Bertz CT molecular complexity index is 613. The standard InChI is InChI=1S/C19H31N5O.HI/c1-4-20-19(22-9-18-21-7-8-23(18)10-13(2)3)24-11-14-15(12-24)17-6-5-16(14)25-17;/h7-8,13-17H,4-6,9-12H2,1-3H3,(H,20,22);1H. The number of aliphatic imine (C=N–C) groups is 1. The number of aromatic nitrogens is 2. The molecule has 6 nitrogen and oxygen atoms in total. The van der Waals surface area contributed by atoms with Crippen LogP contribution in [0, 0.1) is 17.8 Å². The molecule has 4 atom stereocenters. The molecule has 1 aromatic heterocycles. The van der Waals surface area contributed by atoms with E-state index < -0.39 is 0 Å². The van der Waals surface area contributed by atoms with E-state index in [2.05, 4.69) is 46.7 Å². The Kier molecular flexibility index (Phi) is 6.48. The molecule has 0 amide bonds. The lowest BCUT2D eigenvalue weighted by molar-refractivity contribution is 0.0767. The largest absolute Gasteiger partial charge is 0.374 e. The van der Waals surface area contributed by atoms with Gasteiger partial charge in [-0.25, -0.2) is 9.98 Å². The van der Waals surface area contributed by atoms with Crippen LogP contribution in [0.25, 0.3) is 0 Å². The van der Waals surface area contributed by atoms with E-state index in [0.717, 1.165) is 38.0 Å². The molecule has 7 heteroatoms. The first-order valence-electron chi connectivity index (χ1n) is 9.84. The normalized spacial score (nSPS) is 30.0. The Hall–Kier alpha value is -0.830. The van der Waals surface area contributed by atoms with E-state index in [1.54, 1.807) is 0 Å². The highest BCUT2D eigenvalue weighted by Gasteiger charge is 2.53. The van der Waals surface area contributed by atoms with Crippen molar-refractivity contribution in [2.24, 2.45) is 22.7 Å². The van der Waals surface area contributed by atoms with Gasteiger partial charge in [0.05, 0.1) is 12.2 Å². The summed E-state index contributed by atoms with van der Waals surface area (Å²) in [5, 5.41) is 3.48. The van der Waals surface area contributed by atoms with E-state index in [4.69, 9.17) is 9.73 Å². The third kappa shape index (κ3) is 3.88. The number of nitrogens with zero attached hydrogens (tertiary/aromatic N) is 4. The molecule has 2 bridgehead atoms. The molecule has 3 aliphatic heterocycles. The molecule has 0 saturated carbocycles. The molecule has 1 aromatic rings. The number of likely N-dealkylation sites (tertiary alicyclic amines) is 1. The Balaban J connectivity index is 0.00000196. The Morgan fingerprint density at radius 2 is 2.00 bits per heavy atom. The number of hydrogen-bond donors (Lipinski definition) is 1. The van der Waals surface area contributed by atoms with Gasteiger partial charge in [0.2, 0.25) is 0 Å². The van der Waals surface area contributed by atoms with Crippen molar-refractivity contribution >= 4 is 29.9 Å². The molecule has 0 spiro atoms. The summed E-state index contributed by atoms with van der Waals surface area (Å²) in [6.45, 7) is 11.3. The minimum absolute atomic E-state index is 0. The zero-order valence-corrected chi connectivity index (χ0v) is 18.4. The van der Waals surface area contributed by atoms with Crippen molar-refractivity contribution in [1.29, 1.82) is 0 Å². The number of hydrogen-bond acceptors (Lipinski definition) is 3. The molecule has 26 heavy (non-hydrogen) atoms. The predicted molar refractivity (Wildman–Crippen MR) is 114 cm³/mol. The molecule has 3 saturated heterocycles. The fourth-order valence-corrected chi connectivity index (χ4v) is 4.76. The smallest absolute Gasteiger partial charge is 0.194 e. The van der Waals surface area contributed by atoms with Crippen molar-refractivity contribution in [2.75, 3.05) is 19.6 Å². The lowest BCUT2D eigenvalue weighted by Gasteiger charge is -2.23. The van der Waals surface area contributed by atoms with Crippen LogP contribution in [-0.4, -0.2) is 52.3 Å². The number of halogens is 1. The van der Waals surface area contributed by atoms with Gasteiger partial charge < -0.3 is 19.5 Å². The average Bonchev–Trinajstić information content (AvgIpc) is 3.32. The van der Waals surface area contributed by atoms with Crippen molar-refractivity contribution in [2.45, 2.75) is 58.9 Å². The zero-order valence-electron chi connectivity index (χ0n) is 16.1. The summed E-state index contributed by atoms with van der Waals surface area (Å²) in [6.07, 6.45) is 7.43. The second kappa shape index (κ2) is 8.46. The van der Waals surface area contributed by atoms with Gasteiger partial charge in [-0.1, -0.05) is 13.8 Å². The van der Waals surface area contributed by atoms with Gasteiger partial charge in [0.15, 0.2) is 5.96 Å². The number of imidazole rings is 1. The molecule has 146 valence electrons. The molecule has 4 rings (SSSR count). The van der Waals surface area contributed by atoms with Gasteiger partial charge in [-0.15, -0.1) is 24.0 Å². The van der Waals surface area contributed by atoms with E-state index in [1.807, 2.05) is 6.20 Å². The number of nitrogens with one attached hydrogen (secondary N) is 1. The predicted octanol–water partition coefficient (Wildman–Crippen LogP) is 2.73. The fraction of sp³-hybridized carbons (Fsp3) is 0.789. The maximum Gasteiger partial charge on any atom is 0.194 e. The summed E-state index contributed by atoms with van der Waals surface area (Å²) in [5.74, 6) is 4.09. The summed E-state index contributed by atoms with van der Waals surface area (Å²) in [7, 11) is 0. The van der Waals surface area contributed by atoms with Gasteiger partial charge >= 0.3 is 0 Å². The minimum Gasteiger partial charge on any atom is -0.374 e. The van der Waals surface area contributed by atoms with Crippen LogP contribution in [0.2, 0.25) is 0 Å². The van der Waals surface area contributed by atoms with E-state index in [-0.39, 0.29) is 24.0 Å². The Morgan fingerprint density at radius 3 is 2.62 bits per heavy atom. The summed E-state index contributed by atoms with van der Waals surface area (Å²) < 4.78 is 8.33. The van der Waals surface area contributed by atoms with E-state index in [1.165, 1.54) is 12.8 Å². The monoisotopic (exact) mass is 473 g/mol. The maximum absolute atomic E-state index is 6.10. The topological polar surface area (TPSA) is 54.7 Å². The Labute approximate surface area is 173 Å². The van der Waals surface area contributed by atoms with Crippen molar-refractivity contribution in [3.05, 3.63) is 18.2 Å². The van der Waals surface area contributed by atoms with Gasteiger partial charge in [0.25, 0.3) is 0 Å². The van der Waals surface area contributed by atoms with Gasteiger partial charge in [-0.05, 0) is 25.7 Å². The van der Waals surface area contributed by atoms with Gasteiger partial charge in [-0.2, -0.15) is 0 Å². The number of guanidine groups is 1. The molecule has 3 aliphatic rings. The first-order chi connectivity index (χ1) is 12.2. The van der Waals surface area contributed by atoms with Gasteiger partial charge in [0, 0.05) is 50.4 Å². The highest BCUT2D eigenvalue weighted by Crippen LogP contribution is 2.47. The summed E-state index contributed by atoms with van der Waals surface area (Å²) >= 11 is 0. The zero-order chi connectivity index (χ0) is 17.4. The summed E-state index contributed by atoms with van der Waals surface area (Å²) in [6, 6.07) is 0. The van der Waals surface area contributed by atoms with Crippen LogP contribution >= 0.6 is 24.0 Å². The number of ether oxygens (including phenoxy) is 1. The molecule has 0 radical (unpaired) electrons. The minimum atomic E-state index is 0. The van der Waals surface area contributed by atoms with Crippen LogP contribution in [-0.2, 0) is 17.8 Å². The summed E-state index contributed by atoms with van der Waals surface area (Å²) in [5.41, 5.74) is 0. The van der Waals surface area contributed by atoms with Crippen LogP contribution in [0.4, 0.5) is 0 Å². The molecule has 1 N–H and O–H groups in total. The number of fused-ring (bicyclic) bond motifs is 5. The average molecular weight is 473 g/mol. The lowest BCUT2D eigenvalue weighted by atomic mass is 9.82. The quantitative estimate of drug-likeness (QED) is 0.406. The highest BCUT2D eigenvalue weighted by molar-refractivity contribution is 14.0. The SMILES string of the molecule is CCNC(=NCc1nccn1CC(C)C)N1CC2C3CCC(O3)C2C1.I. The lowest BCUT2D eigenvalue weighted by Crippen LogP contribution is -2.41. The van der Waals surface area contributed by atoms with Crippen molar-refractivity contribution in [3.8, 4) is 0 Å². The third-order valence-corrected chi connectivity index (χ3v) is 5.82. The van der Waals surface area contributed by atoms with Crippen molar-refractivity contribution in [1.82, 2.24) is 19.8 Å². The molecule has 0 aliphatic carbocycles. The van der Waals surface area contributed by atoms with Crippen LogP contribution in [0.1, 0.15) is 39.4 Å². The van der Waals surface area contributed by atoms with Gasteiger partial charge in [0.1, 0.15) is 12.4 Å². The first-order valence-corrected chi connectivity index (χ1v) is 9.84. The highest BCUT2D eigenvalue weighted by atomic mass is 127. The third-order valence-electron chi connectivity index (χ3n) is 5.82. The van der Waals surface area contributed by atoms with Crippen molar-refractivity contribution < 1.29 is 4.74 Å². The van der Waals surface area contributed by atoms with Crippen molar-refractivity contribution in [3.63, 3.8) is 0 Å². The molecular formula is C19H32IN5O. The molecule has 4 unspecified atom stereocenters. The number of rotatable bonds is 5. The summed E-state index contributed by atoms with van der Waals surface area (Å²) in [4.78, 5) is 11.9.